The summed E-state index contributed by atoms with van der Waals surface area (Å²) in [5.74, 6) is 1.47. The molecule has 0 radical (unpaired) electrons. The van der Waals surface area contributed by atoms with Gasteiger partial charge in [0.15, 0.2) is 0 Å². The quantitative estimate of drug-likeness (QED) is 0.328. The smallest absolute Gasteiger partial charge is 0.256 e. The molecule has 1 aromatic heterocycles. The molecule has 1 amide bonds. The molecule has 0 atom stereocenters. The Morgan fingerprint density at radius 3 is 2.71 bits per heavy atom. The van der Waals surface area contributed by atoms with Gasteiger partial charge in [0.1, 0.15) is 17.1 Å². The molecule has 7 nitrogen and oxygen atoms in total. The summed E-state index contributed by atoms with van der Waals surface area (Å²) in [4.78, 5) is 24.6. The molecule has 8 heteroatoms. The first-order valence-electron chi connectivity index (χ1n) is 12.2. The van der Waals surface area contributed by atoms with Crippen LogP contribution in [0.15, 0.2) is 65.1 Å². The van der Waals surface area contributed by atoms with Gasteiger partial charge in [0.25, 0.3) is 5.91 Å². The molecular weight excluding hydrogens is 462 g/mol. The first-order chi connectivity index (χ1) is 17.0. The molecule has 2 N–H and O–H groups in total. The van der Waals surface area contributed by atoms with Gasteiger partial charge >= 0.3 is 0 Å². The van der Waals surface area contributed by atoms with Crippen LogP contribution in [0.4, 0.5) is 11.8 Å². The van der Waals surface area contributed by atoms with Crippen LogP contribution in [0.1, 0.15) is 55.8 Å². The lowest BCUT2D eigenvalue weighted by Gasteiger charge is -2.22. The number of halogens is 1. The summed E-state index contributed by atoms with van der Waals surface area (Å²) in [7, 11) is 1.55. The number of amides is 1. The Labute approximate surface area is 213 Å². The second-order valence-corrected chi connectivity index (χ2v) is 9.18. The van der Waals surface area contributed by atoms with E-state index in [1.54, 1.807) is 19.4 Å². The van der Waals surface area contributed by atoms with E-state index in [9.17, 15) is 4.79 Å². The van der Waals surface area contributed by atoms with Crippen LogP contribution in [0.2, 0.25) is 0 Å². The van der Waals surface area contributed by atoms with Crippen molar-refractivity contribution < 1.29 is 9.53 Å². The molecule has 188 valence electrons. The van der Waals surface area contributed by atoms with Crippen LogP contribution in [0.25, 0.3) is 0 Å². The molecule has 2 heterocycles. The van der Waals surface area contributed by atoms with Crippen molar-refractivity contribution >= 4 is 29.3 Å². The van der Waals surface area contributed by atoms with Crippen LogP contribution in [-0.4, -0.2) is 49.2 Å². The third-order valence-electron chi connectivity index (χ3n) is 6.03. The van der Waals surface area contributed by atoms with E-state index in [2.05, 4.69) is 39.2 Å². The van der Waals surface area contributed by atoms with E-state index in [0.29, 0.717) is 41.2 Å². The maximum absolute atomic E-state index is 13.1. The fourth-order valence-corrected chi connectivity index (χ4v) is 4.37. The minimum absolute atomic E-state index is 0.196. The summed E-state index contributed by atoms with van der Waals surface area (Å²) in [5.41, 5.74) is 2.58. The molecule has 3 rings (SSSR count). The zero-order valence-electron chi connectivity index (χ0n) is 20.8. The zero-order valence-corrected chi connectivity index (χ0v) is 21.5. The number of allylic oxidation sites excluding steroid dienone is 6. The van der Waals surface area contributed by atoms with Crippen molar-refractivity contribution in [2.45, 2.75) is 45.4 Å². The Balaban J connectivity index is 1.80. The van der Waals surface area contributed by atoms with Crippen LogP contribution in [0.5, 0.6) is 0 Å². The number of ether oxygens (including phenoxy) is 1. The molecule has 1 aromatic rings. The average molecular weight is 498 g/mol. The maximum Gasteiger partial charge on any atom is 0.256 e. The largest absolute Gasteiger partial charge is 0.495 e. The molecule has 0 bridgehead atoms. The Morgan fingerprint density at radius 2 is 2.06 bits per heavy atom. The molecule has 35 heavy (non-hydrogen) atoms. The fourth-order valence-electron chi connectivity index (χ4n) is 4.03. The third-order valence-corrected chi connectivity index (χ3v) is 6.33. The van der Waals surface area contributed by atoms with Gasteiger partial charge in [-0.15, -0.1) is 0 Å². The van der Waals surface area contributed by atoms with E-state index < -0.39 is 0 Å². The number of anilines is 2. The standard InChI is InChI=1S/C27H36ClN5O2/c1-4-24(35-3)23(28)16-20(2)17-29-25-22(26(34)30-18-21-12-8-7-9-13-21)19-31-27(32-25)33-14-10-5-6-11-15-33/h4,7-8,12,16,19H,1,5-6,9-11,13-15,17-18H2,2-3H3,(H,30,34)(H,29,31,32). The molecular formula is C27H36ClN5O2. The first kappa shape index (κ1) is 26.5. The van der Waals surface area contributed by atoms with E-state index >= 15 is 0 Å². The molecule has 1 aliphatic carbocycles. The number of hydrogen-bond acceptors (Lipinski definition) is 6. The van der Waals surface area contributed by atoms with Gasteiger partial charge in [0.2, 0.25) is 5.95 Å². The fraction of sp³-hybridized carbons (Fsp3) is 0.444. The van der Waals surface area contributed by atoms with Crippen molar-refractivity contribution in [1.82, 2.24) is 15.3 Å². The number of methoxy groups -OCH3 is 1. The summed E-state index contributed by atoms with van der Waals surface area (Å²) in [6, 6.07) is 0. The van der Waals surface area contributed by atoms with Crippen molar-refractivity contribution in [3.8, 4) is 0 Å². The van der Waals surface area contributed by atoms with Gasteiger partial charge in [-0.05, 0) is 44.8 Å². The Kier molecular flexibility index (Phi) is 10.4. The Bertz CT molecular complexity index is 1020. The number of aromatic nitrogens is 2. The first-order valence-corrected chi connectivity index (χ1v) is 12.6. The predicted octanol–water partition coefficient (Wildman–Crippen LogP) is 5.50. The van der Waals surface area contributed by atoms with E-state index in [1.807, 2.05) is 19.1 Å². The van der Waals surface area contributed by atoms with Gasteiger partial charge in [-0.2, -0.15) is 4.98 Å². The van der Waals surface area contributed by atoms with Gasteiger partial charge in [-0.1, -0.05) is 60.4 Å². The van der Waals surface area contributed by atoms with Crippen LogP contribution in [-0.2, 0) is 4.74 Å². The van der Waals surface area contributed by atoms with E-state index in [-0.39, 0.29) is 5.91 Å². The summed E-state index contributed by atoms with van der Waals surface area (Å²) in [6.07, 6.45) is 17.9. The van der Waals surface area contributed by atoms with Crippen LogP contribution in [0.3, 0.4) is 0 Å². The molecule has 1 aliphatic heterocycles. The predicted molar refractivity (Wildman–Crippen MR) is 144 cm³/mol. The summed E-state index contributed by atoms with van der Waals surface area (Å²) in [5, 5.41) is 6.81. The third kappa shape index (κ3) is 7.99. The SMILES string of the molecule is C=CC(OC)=C(Cl)C=C(C)CNc1nc(N2CCCCCC2)ncc1C(=O)NCC1=CC=CCC1. The average Bonchev–Trinajstić information content (AvgIpc) is 3.17. The molecule has 0 unspecified atom stereocenters. The number of hydrogen-bond donors (Lipinski definition) is 2. The van der Waals surface area contributed by atoms with Crippen molar-refractivity contribution in [1.29, 1.82) is 0 Å². The normalized spacial score (nSPS) is 17.2. The van der Waals surface area contributed by atoms with Crippen molar-refractivity contribution in [3.63, 3.8) is 0 Å². The topological polar surface area (TPSA) is 79.4 Å². The van der Waals surface area contributed by atoms with Crippen LogP contribution >= 0.6 is 11.6 Å². The Morgan fingerprint density at radius 1 is 1.29 bits per heavy atom. The molecule has 0 spiro atoms. The highest BCUT2D eigenvalue weighted by atomic mass is 35.5. The minimum atomic E-state index is -0.196. The van der Waals surface area contributed by atoms with E-state index in [1.165, 1.54) is 18.4 Å². The molecule has 1 fully saturated rings. The summed E-state index contributed by atoms with van der Waals surface area (Å²) < 4.78 is 5.22. The zero-order chi connectivity index (χ0) is 25.0. The number of nitrogens with zero attached hydrogens (tertiary/aromatic N) is 3. The lowest BCUT2D eigenvalue weighted by Crippen LogP contribution is -2.29. The van der Waals surface area contributed by atoms with Gasteiger partial charge in [-0.25, -0.2) is 4.98 Å². The van der Waals surface area contributed by atoms with Crippen molar-refractivity contribution in [2.24, 2.45) is 0 Å². The lowest BCUT2D eigenvalue weighted by molar-refractivity contribution is 0.0957. The van der Waals surface area contributed by atoms with Gasteiger partial charge in [0.05, 0.1) is 12.1 Å². The molecule has 0 saturated carbocycles. The van der Waals surface area contributed by atoms with Gasteiger partial charge in [0, 0.05) is 32.4 Å². The molecule has 0 aromatic carbocycles. The van der Waals surface area contributed by atoms with Gasteiger partial charge < -0.3 is 20.3 Å². The van der Waals surface area contributed by atoms with Crippen molar-refractivity contribution in [2.75, 3.05) is 43.5 Å². The second-order valence-electron chi connectivity index (χ2n) is 8.77. The molecule has 1 saturated heterocycles. The Hall–Kier alpha value is -3.06. The highest BCUT2D eigenvalue weighted by Gasteiger charge is 2.19. The maximum atomic E-state index is 13.1. The van der Waals surface area contributed by atoms with E-state index in [4.69, 9.17) is 21.3 Å². The van der Waals surface area contributed by atoms with Crippen LogP contribution < -0.4 is 15.5 Å². The number of rotatable bonds is 10. The van der Waals surface area contributed by atoms with Crippen LogP contribution in [0, 0.1) is 0 Å². The van der Waals surface area contributed by atoms with E-state index in [0.717, 1.165) is 44.3 Å². The summed E-state index contributed by atoms with van der Waals surface area (Å²) >= 11 is 6.34. The highest BCUT2D eigenvalue weighted by Crippen LogP contribution is 2.21. The monoisotopic (exact) mass is 497 g/mol. The molecule has 2 aliphatic rings. The lowest BCUT2D eigenvalue weighted by atomic mass is 10.1. The number of nitrogens with one attached hydrogen (secondary N) is 2. The minimum Gasteiger partial charge on any atom is -0.495 e. The highest BCUT2D eigenvalue weighted by molar-refractivity contribution is 6.31. The summed E-state index contributed by atoms with van der Waals surface area (Å²) in [6.45, 7) is 8.48. The second kappa shape index (κ2) is 13.7. The number of carbonyl (C=O) groups is 1. The number of carbonyl (C=O) groups excluding carboxylic acids is 1. The van der Waals surface area contributed by atoms with Gasteiger partial charge in [-0.3, -0.25) is 4.79 Å². The van der Waals surface area contributed by atoms with Crippen molar-refractivity contribution in [3.05, 3.63) is 70.7 Å².